The number of para-hydroxylation sites is 5. The van der Waals surface area contributed by atoms with E-state index in [-0.39, 0.29) is 11.5 Å². The number of hydrogen-bond donors (Lipinski definition) is 0. The highest BCUT2D eigenvalue weighted by atomic mass is 15.2. The number of nitrogens with zero attached hydrogens (tertiary/aromatic N) is 4. The van der Waals surface area contributed by atoms with Gasteiger partial charge in [0, 0.05) is 66.8 Å². The van der Waals surface area contributed by atoms with Gasteiger partial charge < -0.3 is 18.9 Å². The fraction of sp³-hybridized carbons (Fsp3) is 0.0545. The van der Waals surface area contributed by atoms with Crippen molar-refractivity contribution in [3.8, 4) is 11.4 Å². The van der Waals surface area contributed by atoms with Crippen molar-refractivity contribution in [3.63, 3.8) is 0 Å². The molecule has 1 aliphatic carbocycles. The number of aromatic nitrogens is 2. The monoisotopic (exact) mass is 756 g/mol. The van der Waals surface area contributed by atoms with Gasteiger partial charge in [-0.05, 0) is 116 Å². The zero-order chi connectivity index (χ0) is 39.1. The van der Waals surface area contributed by atoms with Gasteiger partial charge in [0.15, 0.2) is 0 Å². The third-order valence-corrected chi connectivity index (χ3v) is 12.8. The summed E-state index contributed by atoms with van der Waals surface area (Å²) in [7, 11) is 0. The van der Waals surface area contributed by atoms with Crippen LogP contribution in [-0.4, -0.2) is 15.2 Å². The topological polar surface area (TPSA) is 16.3 Å². The number of allylic oxidation sites excluding steroid dienone is 2. The largest absolute Gasteiger partial charge is 0.333 e. The third kappa shape index (κ3) is 5.03. The molecular formula is C55H40N4. The maximum atomic E-state index is 2.50. The minimum atomic E-state index is -0.0910. The Bertz CT molecular complexity index is 3030. The summed E-state index contributed by atoms with van der Waals surface area (Å²) < 4.78 is 4.76. The molecule has 0 amide bonds. The molecule has 1 aliphatic heterocycles. The highest BCUT2D eigenvalue weighted by Crippen LogP contribution is 2.51. The van der Waals surface area contributed by atoms with Crippen LogP contribution in [0.25, 0.3) is 55.0 Å². The molecule has 3 heterocycles. The van der Waals surface area contributed by atoms with Crippen molar-refractivity contribution >= 4 is 72.0 Å². The zero-order valence-electron chi connectivity index (χ0n) is 32.7. The minimum absolute atomic E-state index is 0.0910. The summed E-state index contributed by atoms with van der Waals surface area (Å²) in [6, 6.07) is 71.0. The predicted octanol–water partition coefficient (Wildman–Crippen LogP) is 14.3. The van der Waals surface area contributed by atoms with E-state index >= 15 is 0 Å². The summed E-state index contributed by atoms with van der Waals surface area (Å²) in [5, 5.41) is 5.05. The first-order chi connectivity index (χ1) is 29.2. The van der Waals surface area contributed by atoms with E-state index in [0.29, 0.717) is 0 Å². The molecule has 0 fully saturated rings. The van der Waals surface area contributed by atoms with E-state index < -0.39 is 0 Å². The Morgan fingerprint density at radius 2 is 0.797 bits per heavy atom. The molecule has 59 heavy (non-hydrogen) atoms. The second kappa shape index (κ2) is 13.0. The Labute approximate surface area is 343 Å². The van der Waals surface area contributed by atoms with Gasteiger partial charge >= 0.3 is 0 Å². The summed E-state index contributed by atoms with van der Waals surface area (Å²) >= 11 is 0. The van der Waals surface area contributed by atoms with E-state index in [1.807, 2.05) is 0 Å². The molecule has 0 N–H and O–H groups in total. The van der Waals surface area contributed by atoms with Gasteiger partial charge in [0.1, 0.15) is 0 Å². The Morgan fingerprint density at radius 1 is 0.407 bits per heavy atom. The van der Waals surface area contributed by atoms with E-state index in [4.69, 9.17) is 0 Å². The molecule has 2 aromatic heterocycles. The van der Waals surface area contributed by atoms with Crippen LogP contribution in [0.3, 0.4) is 0 Å². The first-order valence-corrected chi connectivity index (χ1v) is 20.5. The molecule has 4 heteroatoms. The van der Waals surface area contributed by atoms with Gasteiger partial charge in [0.05, 0.1) is 28.1 Å². The van der Waals surface area contributed by atoms with Crippen LogP contribution in [0.4, 0.5) is 28.4 Å². The summed E-state index contributed by atoms with van der Waals surface area (Å²) in [6.07, 6.45) is 9.08. The molecule has 2 unspecified atom stereocenters. The van der Waals surface area contributed by atoms with Gasteiger partial charge in [-0.2, -0.15) is 0 Å². The lowest BCUT2D eigenvalue weighted by Gasteiger charge is -2.35. The molecular weight excluding hydrogens is 717 g/mol. The van der Waals surface area contributed by atoms with Crippen LogP contribution in [-0.2, 0) is 5.41 Å². The number of fused-ring (bicyclic) bond motifs is 9. The van der Waals surface area contributed by atoms with Crippen LogP contribution >= 0.6 is 0 Å². The molecule has 0 bridgehead atoms. The van der Waals surface area contributed by atoms with Crippen molar-refractivity contribution in [2.24, 2.45) is 0 Å². The van der Waals surface area contributed by atoms with Gasteiger partial charge in [-0.3, -0.25) is 0 Å². The minimum Gasteiger partial charge on any atom is -0.333 e. The Kier molecular flexibility index (Phi) is 7.39. The van der Waals surface area contributed by atoms with Gasteiger partial charge in [-0.1, -0.05) is 115 Å². The van der Waals surface area contributed by atoms with E-state index in [9.17, 15) is 0 Å². The first kappa shape index (κ1) is 33.6. The van der Waals surface area contributed by atoms with Crippen molar-refractivity contribution < 1.29 is 0 Å². The molecule has 0 saturated carbocycles. The number of benzene rings is 8. The normalized spacial score (nSPS) is 17.0. The van der Waals surface area contributed by atoms with Crippen LogP contribution < -0.4 is 9.80 Å². The van der Waals surface area contributed by atoms with E-state index in [1.165, 1.54) is 60.5 Å². The number of anilines is 5. The Hall–Kier alpha value is -7.56. The van der Waals surface area contributed by atoms with Crippen molar-refractivity contribution in [2.75, 3.05) is 9.80 Å². The van der Waals surface area contributed by atoms with Crippen LogP contribution in [0, 0.1) is 0 Å². The smallest absolute Gasteiger partial charge is 0.0655 e. The van der Waals surface area contributed by atoms with E-state index in [0.717, 1.165) is 28.4 Å². The first-order valence-electron chi connectivity index (χ1n) is 20.5. The van der Waals surface area contributed by atoms with Gasteiger partial charge in [-0.25, -0.2) is 0 Å². The zero-order valence-corrected chi connectivity index (χ0v) is 32.7. The van der Waals surface area contributed by atoms with Crippen molar-refractivity contribution in [2.45, 2.75) is 18.4 Å². The van der Waals surface area contributed by atoms with Crippen LogP contribution in [0.5, 0.6) is 0 Å². The second-order valence-electron chi connectivity index (χ2n) is 16.0. The molecule has 10 aromatic rings. The summed E-state index contributed by atoms with van der Waals surface area (Å²) in [5.74, 6) is 0. The summed E-state index contributed by atoms with van der Waals surface area (Å²) in [6.45, 7) is 2.36. The summed E-state index contributed by atoms with van der Waals surface area (Å²) in [5.41, 5.74) is 14.1. The molecule has 2 aliphatic rings. The quantitative estimate of drug-likeness (QED) is 0.168. The van der Waals surface area contributed by atoms with E-state index in [1.54, 1.807) is 0 Å². The molecule has 280 valence electrons. The highest BCUT2D eigenvalue weighted by molar-refractivity contribution is 6.10. The van der Waals surface area contributed by atoms with Crippen LogP contribution in [0.1, 0.15) is 12.5 Å². The Balaban J connectivity index is 0.975. The van der Waals surface area contributed by atoms with Crippen LogP contribution in [0.15, 0.2) is 218 Å². The summed E-state index contributed by atoms with van der Waals surface area (Å²) in [4.78, 5) is 4.88. The molecule has 4 nitrogen and oxygen atoms in total. The lowest BCUT2D eigenvalue weighted by molar-refractivity contribution is 0.551. The number of hydrogen-bond acceptors (Lipinski definition) is 2. The van der Waals surface area contributed by atoms with Gasteiger partial charge in [0.2, 0.25) is 0 Å². The van der Waals surface area contributed by atoms with Gasteiger partial charge in [-0.15, -0.1) is 0 Å². The molecule has 0 saturated heterocycles. The number of rotatable bonds is 6. The maximum Gasteiger partial charge on any atom is 0.0655 e. The standard InChI is InChI=1S/C55H40N4/c1-55-37-13-12-24-54(55)59(53-23-11-6-18-48(53)55)43-35-29-40(30-36-43)56(38-25-31-41(32-26-38)57-49-19-7-2-14-44(49)45-15-3-8-20-50(45)57)39-27-33-42(34-28-39)58-51-21-9-4-16-46(51)47-17-5-10-22-52(47)58/h2-37,54H,1H3. The predicted molar refractivity (Wildman–Crippen MR) is 248 cm³/mol. The Morgan fingerprint density at radius 3 is 1.25 bits per heavy atom. The molecule has 0 radical (unpaired) electrons. The fourth-order valence-electron chi connectivity index (χ4n) is 10.0. The van der Waals surface area contributed by atoms with Crippen molar-refractivity contribution in [1.29, 1.82) is 0 Å². The van der Waals surface area contributed by atoms with Crippen LogP contribution in [0.2, 0.25) is 0 Å². The lowest BCUT2D eigenvalue weighted by Crippen LogP contribution is -2.39. The average Bonchev–Trinajstić information content (AvgIpc) is 3.91. The van der Waals surface area contributed by atoms with Gasteiger partial charge in [0.25, 0.3) is 0 Å². The molecule has 2 atom stereocenters. The fourth-order valence-corrected chi connectivity index (χ4v) is 10.0. The SMILES string of the molecule is CC12C=CC=CC1N(c1ccc(N(c3ccc(-n4c5ccccc5c5ccccc54)cc3)c3ccc(-n4c5ccccc5c5ccccc54)cc3)cc1)c1ccccc12. The third-order valence-electron chi connectivity index (χ3n) is 12.8. The second-order valence-corrected chi connectivity index (χ2v) is 16.0. The van der Waals surface area contributed by atoms with Crippen molar-refractivity contribution in [1.82, 2.24) is 9.13 Å². The van der Waals surface area contributed by atoms with Crippen molar-refractivity contribution in [3.05, 3.63) is 224 Å². The molecule has 12 rings (SSSR count). The molecule has 8 aromatic carbocycles. The average molecular weight is 757 g/mol. The van der Waals surface area contributed by atoms with E-state index in [2.05, 4.69) is 244 Å². The lowest BCUT2D eigenvalue weighted by atomic mass is 9.76. The maximum absolute atomic E-state index is 2.50. The highest BCUT2D eigenvalue weighted by Gasteiger charge is 2.46. The molecule has 0 spiro atoms.